The zero-order valence-corrected chi connectivity index (χ0v) is 17.4. The molecule has 6 nitrogen and oxygen atoms in total. The lowest BCUT2D eigenvalue weighted by atomic mass is 10.2. The Morgan fingerprint density at radius 1 is 1.21 bits per heavy atom. The van der Waals surface area contributed by atoms with Crippen LogP contribution in [0.5, 0.6) is 5.75 Å². The lowest BCUT2D eigenvalue weighted by Crippen LogP contribution is -2.43. The molecule has 3 rings (SSSR count). The van der Waals surface area contributed by atoms with Gasteiger partial charge in [-0.05, 0) is 42.5 Å². The van der Waals surface area contributed by atoms with Gasteiger partial charge in [-0.15, -0.1) is 0 Å². The van der Waals surface area contributed by atoms with E-state index in [1.807, 2.05) is 0 Å². The van der Waals surface area contributed by atoms with E-state index >= 15 is 0 Å². The summed E-state index contributed by atoms with van der Waals surface area (Å²) in [6.45, 7) is 0. The van der Waals surface area contributed by atoms with E-state index in [0.29, 0.717) is 32.3 Å². The fourth-order valence-corrected chi connectivity index (χ4v) is 3.82. The average molecular weight is 438 g/mol. The maximum atomic E-state index is 12.6. The highest BCUT2D eigenvalue weighted by Crippen LogP contribution is 2.30. The molecule has 0 radical (unpaired) electrons. The summed E-state index contributed by atoms with van der Waals surface area (Å²) in [6.07, 6.45) is 0.0793. The van der Waals surface area contributed by atoms with E-state index in [-0.39, 0.29) is 18.2 Å². The Morgan fingerprint density at radius 3 is 2.57 bits per heavy atom. The van der Waals surface area contributed by atoms with E-state index in [1.54, 1.807) is 56.6 Å². The summed E-state index contributed by atoms with van der Waals surface area (Å²) in [4.78, 5) is 31.0. The number of amides is 2. The summed E-state index contributed by atoms with van der Waals surface area (Å²) in [6, 6.07) is 11.9. The van der Waals surface area contributed by atoms with Crippen molar-refractivity contribution < 1.29 is 14.3 Å². The van der Waals surface area contributed by atoms with Crippen LogP contribution >= 0.6 is 35.0 Å². The molecule has 2 aromatic rings. The fourth-order valence-electron chi connectivity index (χ4n) is 2.46. The first-order valence-corrected chi connectivity index (χ1v) is 9.93. The maximum Gasteiger partial charge on any atom is 0.238 e. The summed E-state index contributed by atoms with van der Waals surface area (Å²) >= 11 is 13.1. The van der Waals surface area contributed by atoms with E-state index in [9.17, 15) is 9.59 Å². The normalized spacial score (nSPS) is 18.3. The van der Waals surface area contributed by atoms with Crippen LogP contribution in [0, 0.1) is 0 Å². The fraction of sp³-hybridized carbons (Fsp3) is 0.211. The number of methoxy groups -OCH3 is 1. The number of rotatable bonds is 4. The number of benzene rings is 2. The van der Waals surface area contributed by atoms with Gasteiger partial charge in [0.25, 0.3) is 0 Å². The molecule has 2 aromatic carbocycles. The van der Waals surface area contributed by atoms with Gasteiger partial charge in [0.05, 0.1) is 22.8 Å². The van der Waals surface area contributed by atoms with E-state index < -0.39 is 5.25 Å². The number of nitrogens with one attached hydrogen (secondary N) is 1. The van der Waals surface area contributed by atoms with E-state index in [0.717, 1.165) is 0 Å². The van der Waals surface area contributed by atoms with Gasteiger partial charge in [-0.2, -0.15) is 0 Å². The van der Waals surface area contributed by atoms with Crippen LogP contribution in [-0.2, 0) is 9.59 Å². The first-order valence-electron chi connectivity index (χ1n) is 8.29. The second kappa shape index (κ2) is 8.86. The van der Waals surface area contributed by atoms with Crippen LogP contribution in [0.4, 0.5) is 11.4 Å². The molecular weight excluding hydrogens is 421 g/mol. The molecule has 1 atom stereocenters. The molecule has 1 fully saturated rings. The molecule has 1 aliphatic rings. The smallest absolute Gasteiger partial charge is 0.238 e. The van der Waals surface area contributed by atoms with Crippen molar-refractivity contribution in [3.63, 3.8) is 0 Å². The molecule has 146 valence electrons. The number of anilines is 1. The number of nitrogens with zero attached hydrogens (tertiary/aromatic N) is 2. The Labute approximate surface area is 176 Å². The molecule has 0 saturated carbocycles. The third-order valence-corrected chi connectivity index (χ3v) is 6.03. The molecule has 1 heterocycles. The number of aliphatic imine (C=N–C) groups is 1. The lowest BCUT2D eigenvalue weighted by Gasteiger charge is -2.28. The Hall–Kier alpha value is -2.22. The second-order valence-electron chi connectivity index (χ2n) is 5.97. The highest BCUT2D eigenvalue weighted by molar-refractivity contribution is 8.15. The number of hydrogen-bond acceptors (Lipinski definition) is 5. The number of halogens is 2. The SMILES string of the molecule is COc1ccc(N=C2SC(C(=O)Nc3ccc(Cl)c(Cl)c3)CC(=O)N2C)cc1. The Morgan fingerprint density at radius 2 is 1.93 bits per heavy atom. The van der Waals surface area contributed by atoms with Gasteiger partial charge in [0.2, 0.25) is 11.8 Å². The molecule has 1 aliphatic heterocycles. The number of carbonyl (C=O) groups excluding carboxylic acids is 2. The quantitative estimate of drug-likeness (QED) is 0.758. The Kier molecular flexibility index (Phi) is 6.49. The highest BCUT2D eigenvalue weighted by atomic mass is 35.5. The number of amidine groups is 1. The van der Waals surface area contributed by atoms with Gasteiger partial charge in [-0.3, -0.25) is 14.5 Å². The van der Waals surface area contributed by atoms with Crippen molar-refractivity contribution in [2.45, 2.75) is 11.7 Å². The highest BCUT2D eigenvalue weighted by Gasteiger charge is 2.34. The minimum Gasteiger partial charge on any atom is -0.497 e. The standard InChI is InChI=1S/C19H17Cl2N3O3S/c1-24-17(25)10-16(18(26)22-12-5-8-14(20)15(21)9-12)28-19(24)23-11-3-6-13(27-2)7-4-11/h3-9,16H,10H2,1-2H3,(H,22,26). The molecule has 9 heteroatoms. The van der Waals surface area contributed by atoms with Gasteiger partial charge in [0.15, 0.2) is 5.17 Å². The van der Waals surface area contributed by atoms with Gasteiger partial charge >= 0.3 is 0 Å². The van der Waals surface area contributed by atoms with Crippen molar-refractivity contribution in [2.24, 2.45) is 4.99 Å². The van der Waals surface area contributed by atoms with Crippen molar-refractivity contribution in [1.29, 1.82) is 0 Å². The monoisotopic (exact) mass is 437 g/mol. The second-order valence-corrected chi connectivity index (χ2v) is 7.96. The van der Waals surface area contributed by atoms with Crippen LogP contribution in [0.2, 0.25) is 10.0 Å². The average Bonchev–Trinajstić information content (AvgIpc) is 2.68. The molecule has 1 unspecified atom stereocenters. The topological polar surface area (TPSA) is 71.0 Å². The van der Waals surface area contributed by atoms with Gasteiger partial charge < -0.3 is 10.1 Å². The predicted octanol–water partition coefficient (Wildman–Crippen LogP) is 4.59. The van der Waals surface area contributed by atoms with Gasteiger partial charge in [0.1, 0.15) is 11.0 Å². The summed E-state index contributed by atoms with van der Waals surface area (Å²) in [5.74, 6) is 0.233. The van der Waals surface area contributed by atoms with E-state index in [4.69, 9.17) is 27.9 Å². The number of ether oxygens (including phenoxy) is 1. The van der Waals surface area contributed by atoms with Crippen molar-refractivity contribution in [2.75, 3.05) is 19.5 Å². The number of thioether (sulfide) groups is 1. The number of hydrogen-bond donors (Lipinski definition) is 1. The largest absolute Gasteiger partial charge is 0.497 e. The van der Waals surface area contributed by atoms with Gasteiger partial charge in [0, 0.05) is 19.2 Å². The van der Waals surface area contributed by atoms with Crippen LogP contribution in [-0.4, -0.2) is 41.3 Å². The molecule has 0 aromatic heterocycles. The van der Waals surface area contributed by atoms with Gasteiger partial charge in [-0.25, -0.2) is 4.99 Å². The van der Waals surface area contributed by atoms with E-state index in [1.165, 1.54) is 16.7 Å². The van der Waals surface area contributed by atoms with E-state index in [2.05, 4.69) is 10.3 Å². The molecule has 0 spiro atoms. The van der Waals surface area contributed by atoms with Crippen LogP contribution < -0.4 is 10.1 Å². The molecular formula is C19H17Cl2N3O3S. The summed E-state index contributed by atoms with van der Waals surface area (Å²) < 4.78 is 5.13. The van der Waals surface area contributed by atoms with Crippen molar-refractivity contribution in [3.8, 4) is 5.75 Å². The molecule has 1 saturated heterocycles. The minimum atomic E-state index is -0.602. The van der Waals surface area contributed by atoms with Crippen molar-refractivity contribution >= 4 is 63.3 Å². The van der Waals surface area contributed by atoms with Crippen LogP contribution in [0.25, 0.3) is 0 Å². The predicted molar refractivity (Wildman–Crippen MR) is 114 cm³/mol. The first kappa shape index (κ1) is 20.5. The lowest BCUT2D eigenvalue weighted by molar-refractivity contribution is -0.128. The van der Waals surface area contributed by atoms with Crippen molar-refractivity contribution in [1.82, 2.24) is 4.90 Å². The summed E-state index contributed by atoms with van der Waals surface area (Å²) in [5, 5.41) is 3.36. The van der Waals surface area contributed by atoms with Crippen LogP contribution in [0.1, 0.15) is 6.42 Å². The summed E-state index contributed by atoms with van der Waals surface area (Å²) in [5.41, 5.74) is 1.17. The zero-order chi connectivity index (χ0) is 20.3. The van der Waals surface area contributed by atoms with Gasteiger partial charge in [-0.1, -0.05) is 35.0 Å². The zero-order valence-electron chi connectivity index (χ0n) is 15.1. The third kappa shape index (κ3) is 4.79. The van der Waals surface area contributed by atoms with Crippen LogP contribution in [0.15, 0.2) is 47.5 Å². The maximum absolute atomic E-state index is 12.6. The summed E-state index contributed by atoms with van der Waals surface area (Å²) in [7, 11) is 3.23. The minimum absolute atomic E-state index is 0.0793. The van der Waals surface area contributed by atoms with Crippen LogP contribution in [0.3, 0.4) is 0 Å². The van der Waals surface area contributed by atoms with Crippen molar-refractivity contribution in [3.05, 3.63) is 52.5 Å². The Balaban J connectivity index is 1.76. The molecule has 0 bridgehead atoms. The third-order valence-electron chi connectivity index (χ3n) is 4.05. The molecule has 0 aliphatic carbocycles. The molecule has 1 N–H and O–H groups in total. The Bertz CT molecular complexity index is 935. The molecule has 28 heavy (non-hydrogen) atoms. The molecule has 2 amide bonds. The number of carbonyl (C=O) groups is 2. The first-order chi connectivity index (χ1) is 13.4.